The number of hydrogen-bond acceptors (Lipinski definition) is 3. The zero-order valence-corrected chi connectivity index (χ0v) is 15.7. The second-order valence-electron chi connectivity index (χ2n) is 7.15. The van der Waals surface area contributed by atoms with E-state index in [-0.39, 0.29) is 5.97 Å². The van der Waals surface area contributed by atoms with Crippen LogP contribution in [0.3, 0.4) is 0 Å². The molecule has 3 rings (SSSR count). The SMILES string of the molecule is CCCCCc1ccc(C(=O)OC2(c3ccccc3)CCNCC2)cc1. The van der Waals surface area contributed by atoms with Crippen LogP contribution in [-0.4, -0.2) is 19.1 Å². The van der Waals surface area contributed by atoms with E-state index < -0.39 is 5.60 Å². The van der Waals surface area contributed by atoms with Crippen molar-refractivity contribution in [3.05, 3.63) is 71.3 Å². The first kappa shape index (κ1) is 18.7. The molecule has 1 aliphatic rings. The van der Waals surface area contributed by atoms with Gasteiger partial charge in [-0.05, 0) is 49.2 Å². The molecule has 0 aromatic heterocycles. The highest BCUT2D eigenvalue weighted by Crippen LogP contribution is 2.35. The van der Waals surface area contributed by atoms with E-state index in [1.165, 1.54) is 24.8 Å². The number of ether oxygens (including phenoxy) is 1. The monoisotopic (exact) mass is 351 g/mol. The zero-order chi connectivity index (χ0) is 18.2. The molecule has 2 aromatic carbocycles. The first-order chi connectivity index (χ1) is 12.7. The number of rotatable bonds is 7. The third-order valence-electron chi connectivity index (χ3n) is 5.26. The summed E-state index contributed by atoms with van der Waals surface area (Å²) in [5, 5.41) is 3.36. The van der Waals surface area contributed by atoms with Crippen molar-refractivity contribution in [2.45, 2.75) is 51.0 Å². The molecule has 138 valence electrons. The second kappa shape index (κ2) is 9.00. The fourth-order valence-electron chi connectivity index (χ4n) is 3.65. The van der Waals surface area contributed by atoms with Crippen molar-refractivity contribution in [3.8, 4) is 0 Å². The molecule has 1 heterocycles. The normalized spacial score (nSPS) is 16.2. The van der Waals surface area contributed by atoms with E-state index in [4.69, 9.17) is 4.74 Å². The summed E-state index contributed by atoms with van der Waals surface area (Å²) in [4.78, 5) is 12.8. The van der Waals surface area contributed by atoms with Gasteiger partial charge in [-0.25, -0.2) is 4.79 Å². The molecule has 1 fully saturated rings. The van der Waals surface area contributed by atoms with Gasteiger partial charge in [0, 0.05) is 12.8 Å². The van der Waals surface area contributed by atoms with Crippen LogP contribution in [0.2, 0.25) is 0 Å². The molecule has 1 aliphatic heterocycles. The Balaban J connectivity index is 1.72. The molecule has 0 spiro atoms. The Hall–Kier alpha value is -2.13. The van der Waals surface area contributed by atoms with Gasteiger partial charge in [0.15, 0.2) is 0 Å². The molecule has 0 unspecified atom stereocenters. The quantitative estimate of drug-likeness (QED) is 0.572. The molecule has 0 atom stereocenters. The second-order valence-corrected chi connectivity index (χ2v) is 7.15. The van der Waals surface area contributed by atoms with Crippen LogP contribution in [0.5, 0.6) is 0 Å². The van der Waals surface area contributed by atoms with Crippen molar-refractivity contribution in [1.29, 1.82) is 0 Å². The number of benzene rings is 2. The molecular formula is C23H29NO2. The van der Waals surface area contributed by atoms with Crippen molar-refractivity contribution in [3.63, 3.8) is 0 Å². The number of unbranched alkanes of at least 4 members (excludes halogenated alkanes) is 2. The number of piperidine rings is 1. The van der Waals surface area contributed by atoms with Gasteiger partial charge in [-0.15, -0.1) is 0 Å². The number of nitrogens with one attached hydrogen (secondary N) is 1. The lowest BCUT2D eigenvalue weighted by Gasteiger charge is -2.37. The van der Waals surface area contributed by atoms with Crippen LogP contribution in [0.25, 0.3) is 0 Å². The highest BCUT2D eigenvalue weighted by atomic mass is 16.6. The first-order valence-corrected chi connectivity index (χ1v) is 9.82. The zero-order valence-electron chi connectivity index (χ0n) is 15.7. The Labute approximate surface area is 156 Å². The largest absolute Gasteiger partial charge is 0.450 e. The number of aryl methyl sites for hydroxylation is 1. The Bertz CT molecular complexity index is 688. The smallest absolute Gasteiger partial charge is 0.339 e. The summed E-state index contributed by atoms with van der Waals surface area (Å²) in [5.41, 5.74) is 2.49. The van der Waals surface area contributed by atoms with Crippen molar-refractivity contribution in [2.24, 2.45) is 0 Å². The van der Waals surface area contributed by atoms with Gasteiger partial charge in [-0.1, -0.05) is 62.2 Å². The average Bonchev–Trinajstić information content (AvgIpc) is 2.70. The van der Waals surface area contributed by atoms with Gasteiger partial charge in [-0.3, -0.25) is 0 Å². The molecule has 1 N–H and O–H groups in total. The summed E-state index contributed by atoms with van der Waals surface area (Å²) in [6, 6.07) is 18.1. The van der Waals surface area contributed by atoms with E-state index in [9.17, 15) is 4.79 Å². The lowest BCUT2D eigenvalue weighted by Crippen LogP contribution is -2.43. The van der Waals surface area contributed by atoms with Crippen LogP contribution in [0.1, 0.15) is 60.5 Å². The van der Waals surface area contributed by atoms with Crippen molar-refractivity contribution < 1.29 is 9.53 Å². The van der Waals surface area contributed by atoms with Gasteiger partial charge in [-0.2, -0.15) is 0 Å². The number of carbonyl (C=O) groups is 1. The maximum absolute atomic E-state index is 12.8. The third-order valence-corrected chi connectivity index (χ3v) is 5.26. The maximum Gasteiger partial charge on any atom is 0.339 e. The third kappa shape index (κ3) is 4.53. The van der Waals surface area contributed by atoms with E-state index in [0.717, 1.165) is 37.9 Å². The summed E-state index contributed by atoms with van der Waals surface area (Å²) >= 11 is 0. The Kier molecular flexibility index (Phi) is 6.45. The van der Waals surface area contributed by atoms with Gasteiger partial charge in [0.2, 0.25) is 0 Å². The maximum atomic E-state index is 12.8. The Morgan fingerprint density at radius 1 is 1.00 bits per heavy atom. The van der Waals surface area contributed by atoms with Gasteiger partial charge < -0.3 is 10.1 Å². The van der Waals surface area contributed by atoms with Crippen LogP contribution < -0.4 is 5.32 Å². The number of carbonyl (C=O) groups excluding carboxylic acids is 1. The molecule has 2 aromatic rings. The molecule has 3 nitrogen and oxygen atoms in total. The van der Waals surface area contributed by atoms with Crippen LogP contribution >= 0.6 is 0 Å². The molecule has 0 amide bonds. The Morgan fingerprint density at radius 2 is 1.69 bits per heavy atom. The summed E-state index contributed by atoms with van der Waals surface area (Å²) in [6.45, 7) is 3.93. The van der Waals surface area contributed by atoms with Crippen molar-refractivity contribution in [1.82, 2.24) is 5.32 Å². The average molecular weight is 351 g/mol. The van der Waals surface area contributed by atoms with Crippen LogP contribution in [0.15, 0.2) is 54.6 Å². The van der Waals surface area contributed by atoms with Gasteiger partial charge in [0.05, 0.1) is 5.56 Å². The molecule has 0 bridgehead atoms. The topological polar surface area (TPSA) is 38.3 Å². The first-order valence-electron chi connectivity index (χ1n) is 9.82. The predicted octanol–water partition coefficient (Wildman–Crippen LogP) is 4.86. The fourth-order valence-corrected chi connectivity index (χ4v) is 3.65. The molecule has 0 saturated carbocycles. The molecule has 3 heteroatoms. The standard InChI is InChI=1S/C23H29NO2/c1-2-3-5-8-19-11-13-20(14-12-19)22(25)26-23(15-17-24-18-16-23)21-9-6-4-7-10-21/h4,6-7,9-14,24H,2-3,5,8,15-18H2,1H3. The Morgan fingerprint density at radius 3 is 2.35 bits per heavy atom. The summed E-state index contributed by atoms with van der Waals surface area (Å²) < 4.78 is 6.11. The van der Waals surface area contributed by atoms with E-state index in [2.05, 4.69) is 36.5 Å². The lowest BCUT2D eigenvalue weighted by atomic mass is 9.84. The van der Waals surface area contributed by atoms with Gasteiger partial charge in [0.25, 0.3) is 0 Å². The minimum absolute atomic E-state index is 0.226. The van der Waals surface area contributed by atoms with Crippen molar-refractivity contribution in [2.75, 3.05) is 13.1 Å². The van der Waals surface area contributed by atoms with E-state index >= 15 is 0 Å². The van der Waals surface area contributed by atoms with E-state index in [1.807, 2.05) is 30.3 Å². The molecule has 1 saturated heterocycles. The highest BCUT2D eigenvalue weighted by molar-refractivity contribution is 5.89. The van der Waals surface area contributed by atoms with Crippen LogP contribution in [0.4, 0.5) is 0 Å². The summed E-state index contributed by atoms with van der Waals surface area (Å²) in [5.74, 6) is -0.226. The summed E-state index contributed by atoms with van der Waals surface area (Å²) in [6.07, 6.45) is 6.35. The van der Waals surface area contributed by atoms with Crippen molar-refractivity contribution >= 4 is 5.97 Å². The minimum atomic E-state index is -0.524. The predicted molar refractivity (Wildman–Crippen MR) is 105 cm³/mol. The van der Waals surface area contributed by atoms with Crippen LogP contribution in [-0.2, 0) is 16.8 Å². The lowest BCUT2D eigenvalue weighted by molar-refractivity contribution is -0.0378. The summed E-state index contributed by atoms with van der Waals surface area (Å²) in [7, 11) is 0. The fraction of sp³-hybridized carbons (Fsp3) is 0.435. The van der Waals surface area contributed by atoms with Gasteiger partial charge >= 0.3 is 5.97 Å². The van der Waals surface area contributed by atoms with Gasteiger partial charge in [0.1, 0.15) is 5.60 Å². The highest BCUT2D eigenvalue weighted by Gasteiger charge is 2.37. The molecule has 26 heavy (non-hydrogen) atoms. The van der Waals surface area contributed by atoms with E-state index in [1.54, 1.807) is 0 Å². The molecular weight excluding hydrogens is 322 g/mol. The molecule has 0 aliphatic carbocycles. The molecule has 0 radical (unpaired) electrons. The van der Waals surface area contributed by atoms with E-state index in [0.29, 0.717) is 5.56 Å². The minimum Gasteiger partial charge on any atom is -0.450 e. The number of hydrogen-bond donors (Lipinski definition) is 1. The number of esters is 1. The van der Waals surface area contributed by atoms with Crippen LogP contribution in [0, 0.1) is 0 Å².